The topological polar surface area (TPSA) is 76.7 Å². The van der Waals surface area contributed by atoms with Gasteiger partial charge in [0.2, 0.25) is 0 Å². The molecule has 0 bridgehead atoms. The lowest BCUT2D eigenvalue weighted by Crippen LogP contribution is -2.30. The van der Waals surface area contributed by atoms with Crippen molar-refractivity contribution in [3.8, 4) is 0 Å². The Kier molecular flexibility index (Phi) is 7.41. The summed E-state index contributed by atoms with van der Waals surface area (Å²) in [4.78, 5) is 10.7. The molecule has 0 aromatic rings. The molecule has 1 aliphatic rings. The Morgan fingerprint density at radius 3 is 2.67 bits per heavy atom. The maximum absolute atomic E-state index is 10.7. The van der Waals surface area contributed by atoms with Crippen molar-refractivity contribution in [2.45, 2.75) is 51.9 Å². The van der Waals surface area contributed by atoms with Gasteiger partial charge in [0.15, 0.2) is 0 Å². The number of amides is 2. The molecular formula is C13H25N3O2. The van der Waals surface area contributed by atoms with Crippen LogP contribution in [0.3, 0.4) is 0 Å². The fourth-order valence-electron chi connectivity index (χ4n) is 2.24. The highest BCUT2D eigenvalue weighted by atomic mass is 16.5. The van der Waals surface area contributed by atoms with E-state index in [1.165, 1.54) is 19.3 Å². The zero-order valence-electron chi connectivity index (χ0n) is 11.3. The first-order chi connectivity index (χ1) is 8.74. The predicted octanol–water partition coefficient (Wildman–Crippen LogP) is 2.41. The van der Waals surface area contributed by atoms with Crippen molar-refractivity contribution in [1.82, 2.24) is 5.43 Å². The monoisotopic (exact) mass is 255 g/mol. The van der Waals surface area contributed by atoms with Gasteiger partial charge in [-0.2, -0.15) is 5.10 Å². The predicted molar refractivity (Wildman–Crippen MR) is 72.5 cm³/mol. The summed E-state index contributed by atoms with van der Waals surface area (Å²) >= 11 is 0. The highest BCUT2D eigenvalue weighted by Crippen LogP contribution is 2.20. The van der Waals surface area contributed by atoms with Gasteiger partial charge < -0.3 is 10.5 Å². The second-order valence-corrected chi connectivity index (χ2v) is 4.78. The van der Waals surface area contributed by atoms with Crippen molar-refractivity contribution in [3.05, 3.63) is 0 Å². The van der Waals surface area contributed by atoms with E-state index in [1.54, 1.807) is 0 Å². The van der Waals surface area contributed by atoms with Crippen LogP contribution >= 0.6 is 0 Å². The van der Waals surface area contributed by atoms with Gasteiger partial charge in [-0.25, -0.2) is 10.2 Å². The number of ether oxygens (including phenoxy) is 1. The molecule has 5 heteroatoms. The minimum absolute atomic E-state index is 0.437. The summed E-state index contributed by atoms with van der Waals surface area (Å²) in [7, 11) is 0. The summed E-state index contributed by atoms with van der Waals surface area (Å²) in [5.74, 6) is 0.437. The van der Waals surface area contributed by atoms with Crippen LogP contribution in [-0.4, -0.2) is 25.0 Å². The number of unbranched alkanes of at least 4 members (excludes halogenated alkanes) is 3. The number of nitrogens with zero attached hydrogens (tertiary/aromatic N) is 1. The number of nitrogens with two attached hydrogens (primary N) is 1. The maximum atomic E-state index is 10.7. The number of carbonyl (C=O) groups is 1. The van der Waals surface area contributed by atoms with E-state index in [1.807, 2.05) is 0 Å². The summed E-state index contributed by atoms with van der Waals surface area (Å²) in [5, 5.41) is 4.18. The zero-order valence-corrected chi connectivity index (χ0v) is 11.3. The van der Waals surface area contributed by atoms with E-state index in [4.69, 9.17) is 10.5 Å². The standard InChI is InChI=1S/C13H25N3O2/c1-2-3-4-5-6-12(15-16-13(14)17)11-7-9-18-10-8-11/h11H,2-10H2,1H3,(H3,14,16,17)/b15-12-. The minimum Gasteiger partial charge on any atom is -0.381 e. The molecule has 0 radical (unpaired) electrons. The van der Waals surface area contributed by atoms with Gasteiger partial charge in [-0.15, -0.1) is 0 Å². The molecule has 1 heterocycles. The van der Waals surface area contributed by atoms with Gasteiger partial charge >= 0.3 is 6.03 Å². The van der Waals surface area contributed by atoms with Gasteiger partial charge in [0.05, 0.1) is 0 Å². The van der Waals surface area contributed by atoms with Gasteiger partial charge in [0, 0.05) is 24.8 Å². The Balaban J connectivity index is 2.45. The Hall–Kier alpha value is -1.10. The molecule has 0 aromatic heterocycles. The van der Waals surface area contributed by atoms with E-state index in [0.29, 0.717) is 5.92 Å². The number of hydrogen-bond acceptors (Lipinski definition) is 3. The molecule has 1 fully saturated rings. The van der Waals surface area contributed by atoms with Crippen molar-refractivity contribution in [2.24, 2.45) is 16.8 Å². The van der Waals surface area contributed by atoms with Crippen LogP contribution in [0.25, 0.3) is 0 Å². The molecule has 104 valence electrons. The van der Waals surface area contributed by atoms with E-state index in [-0.39, 0.29) is 0 Å². The summed E-state index contributed by atoms with van der Waals surface area (Å²) in [6, 6.07) is -0.590. The first-order valence-corrected chi connectivity index (χ1v) is 6.93. The molecule has 1 aliphatic heterocycles. The summed E-state index contributed by atoms with van der Waals surface area (Å²) in [6.45, 7) is 3.77. The van der Waals surface area contributed by atoms with Crippen molar-refractivity contribution in [1.29, 1.82) is 0 Å². The van der Waals surface area contributed by atoms with Crippen molar-refractivity contribution < 1.29 is 9.53 Å². The van der Waals surface area contributed by atoms with Crippen LogP contribution < -0.4 is 11.2 Å². The third-order valence-electron chi connectivity index (χ3n) is 3.29. The first kappa shape index (κ1) is 15.0. The van der Waals surface area contributed by atoms with Gasteiger partial charge in [-0.05, 0) is 25.7 Å². The third kappa shape index (κ3) is 6.00. The van der Waals surface area contributed by atoms with Crippen LogP contribution in [0.1, 0.15) is 51.9 Å². The average molecular weight is 255 g/mol. The molecule has 0 aromatic carbocycles. The lowest BCUT2D eigenvalue weighted by atomic mass is 9.91. The second-order valence-electron chi connectivity index (χ2n) is 4.78. The van der Waals surface area contributed by atoms with Crippen LogP contribution in [0.2, 0.25) is 0 Å². The van der Waals surface area contributed by atoms with E-state index >= 15 is 0 Å². The smallest absolute Gasteiger partial charge is 0.332 e. The zero-order chi connectivity index (χ0) is 13.2. The van der Waals surface area contributed by atoms with Crippen LogP contribution in [0.15, 0.2) is 5.10 Å². The van der Waals surface area contributed by atoms with Crippen molar-refractivity contribution in [3.63, 3.8) is 0 Å². The molecule has 3 N–H and O–H groups in total. The highest BCUT2D eigenvalue weighted by Gasteiger charge is 2.19. The summed E-state index contributed by atoms with van der Waals surface area (Å²) in [6.07, 6.45) is 7.76. The Morgan fingerprint density at radius 1 is 1.33 bits per heavy atom. The molecule has 0 saturated carbocycles. The van der Waals surface area contributed by atoms with Crippen LogP contribution in [0.4, 0.5) is 4.79 Å². The number of carbonyl (C=O) groups excluding carboxylic acids is 1. The maximum Gasteiger partial charge on any atom is 0.332 e. The molecule has 1 rings (SSSR count). The lowest BCUT2D eigenvalue weighted by Gasteiger charge is -2.23. The number of rotatable bonds is 7. The second kappa shape index (κ2) is 8.91. The van der Waals surface area contributed by atoms with Crippen molar-refractivity contribution >= 4 is 11.7 Å². The van der Waals surface area contributed by atoms with E-state index in [2.05, 4.69) is 17.5 Å². The number of primary amides is 1. The van der Waals surface area contributed by atoms with Gasteiger partial charge in [0.25, 0.3) is 0 Å². The molecule has 0 spiro atoms. The molecule has 5 nitrogen and oxygen atoms in total. The quantitative estimate of drug-likeness (QED) is 0.416. The molecule has 18 heavy (non-hydrogen) atoms. The van der Waals surface area contributed by atoms with Gasteiger partial charge in [-0.3, -0.25) is 0 Å². The Morgan fingerprint density at radius 2 is 2.06 bits per heavy atom. The lowest BCUT2D eigenvalue weighted by molar-refractivity contribution is 0.0822. The van der Waals surface area contributed by atoms with E-state index < -0.39 is 6.03 Å². The molecule has 0 aliphatic carbocycles. The molecular weight excluding hydrogens is 230 g/mol. The molecule has 1 saturated heterocycles. The van der Waals surface area contributed by atoms with Crippen LogP contribution in [0.5, 0.6) is 0 Å². The van der Waals surface area contributed by atoms with E-state index in [9.17, 15) is 4.79 Å². The van der Waals surface area contributed by atoms with Crippen LogP contribution in [0, 0.1) is 5.92 Å². The van der Waals surface area contributed by atoms with E-state index in [0.717, 1.165) is 44.6 Å². The number of hydrazone groups is 1. The Labute approximate surface area is 109 Å². The first-order valence-electron chi connectivity index (χ1n) is 6.93. The third-order valence-corrected chi connectivity index (χ3v) is 3.29. The molecule has 0 unspecified atom stereocenters. The summed E-state index contributed by atoms with van der Waals surface area (Å²) < 4.78 is 5.35. The largest absolute Gasteiger partial charge is 0.381 e. The fourth-order valence-corrected chi connectivity index (χ4v) is 2.24. The minimum atomic E-state index is -0.590. The van der Waals surface area contributed by atoms with Crippen molar-refractivity contribution in [2.75, 3.05) is 13.2 Å². The average Bonchev–Trinajstić information content (AvgIpc) is 2.38. The SMILES string of the molecule is CCCCCC/C(=N/NC(N)=O)C1CCOCC1. The normalized spacial score (nSPS) is 17.7. The number of urea groups is 1. The Bertz CT molecular complexity index is 273. The number of nitrogens with one attached hydrogen (secondary N) is 1. The fraction of sp³-hybridized carbons (Fsp3) is 0.846. The molecule has 0 atom stereocenters. The highest BCUT2D eigenvalue weighted by molar-refractivity contribution is 5.88. The van der Waals surface area contributed by atoms with Gasteiger partial charge in [-0.1, -0.05) is 26.2 Å². The number of hydrogen-bond donors (Lipinski definition) is 2. The molecule has 2 amide bonds. The van der Waals surface area contributed by atoms with Gasteiger partial charge in [0.1, 0.15) is 0 Å². The summed E-state index contributed by atoms with van der Waals surface area (Å²) in [5.41, 5.74) is 8.51. The van der Waals surface area contributed by atoms with Crippen LogP contribution in [-0.2, 0) is 4.74 Å².